The van der Waals surface area contributed by atoms with Crippen LogP contribution in [0.25, 0.3) is 0 Å². The lowest BCUT2D eigenvalue weighted by molar-refractivity contribution is -0.135. The number of rotatable bonds is 5. The number of piperidine rings is 1. The van der Waals surface area contributed by atoms with Crippen LogP contribution in [-0.4, -0.2) is 42.9 Å². The van der Waals surface area contributed by atoms with E-state index in [-0.39, 0.29) is 24.2 Å². The van der Waals surface area contributed by atoms with Crippen LogP contribution in [0.15, 0.2) is 18.2 Å². The molecule has 1 fully saturated rings. The molecule has 1 aromatic carbocycles. The fourth-order valence-electron chi connectivity index (χ4n) is 2.72. The van der Waals surface area contributed by atoms with E-state index >= 15 is 0 Å². The van der Waals surface area contributed by atoms with Crippen LogP contribution in [-0.2, 0) is 16.0 Å². The van der Waals surface area contributed by atoms with Crippen molar-refractivity contribution >= 4 is 35.0 Å². The molecule has 23 heavy (non-hydrogen) atoms. The van der Waals surface area contributed by atoms with Crippen molar-refractivity contribution in [1.29, 1.82) is 0 Å². The summed E-state index contributed by atoms with van der Waals surface area (Å²) in [4.78, 5) is 26.3. The molecule has 0 aromatic heterocycles. The molecule has 126 valence electrons. The Bertz CT molecular complexity index is 560. The third kappa shape index (κ3) is 4.83. The van der Waals surface area contributed by atoms with E-state index in [4.69, 9.17) is 28.9 Å². The van der Waals surface area contributed by atoms with Gasteiger partial charge in [0.05, 0.1) is 12.3 Å². The highest BCUT2D eigenvalue weighted by atomic mass is 35.5. The summed E-state index contributed by atoms with van der Waals surface area (Å²) in [6.45, 7) is 1.95. The first kappa shape index (κ1) is 18.0. The minimum atomic E-state index is -0.180. The van der Waals surface area contributed by atoms with Crippen molar-refractivity contribution in [3.63, 3.8) is 0 Å². The van der Waals surface area contributed by atoms with E-state index < -0.39 is 0 Å². The molecule has 0 spiro atoms. The topological polar surface area (TPSA) is 75.4 Å². The maximum atomic E-state index is 12.5. The molecule has 2 amide bonds. The summed E-state index contributed by atoms with van der Waals surface area (Å²) in [5.41, 5.74) is 6.03. The van der Waals surface area contributed by atoms with Crippen molar-refractivity contribution in [2.24, 2.45) is 11.7 Å². The molecule has 1 aliphatic rings. The van der Waals surface area contributed by atoms with Crippen molar-refractivity contribution < 1.29 is 9.59 Å². The lowest BCUT2D eigenvalue weighted by Crippen LogP contribution is -2.46. The SMILES string of the molecule is NCCNC(=O)C1CCCN(C(=O)Cc2c(Cl)cccc2Cl)C1. The number of halogens is 2. The Morgan fingerprint density at radius 1 is 1.30 bits per heavy atom. The summed E-state index contributed by atoms with van der Waals surface area (Å²) in [5.74, 6) is -0.277. The van der Waals surface area contributed by atoms with Crippen LogP contribution >= 0.6 is 23.2 Å². The Morgan fingerprint density at radius 3 is 2.65 bits per heavy atom. The Hall–Kier alpha value is -1.30. The summed E-state index contributed by atoms with van der Waals surface area (Å²) in [5, 5.41) is 3.76. The Morgan fingerprint density at radius 2 is 2.00 bits per heavy atom. The van der Waals surface area contributed by atoms with Gasteiger partial charge in [-0.15, -0.1) is 0 Å². The number of nitrogens with zero attached hydrogens (tertiary/aromatic N) is 1. The summed E-state index contributed by atoms with van der Waals surface area (Å²) < 4.78 is 0. The largest absolute Gasteiger partial charge is 0.355 e. The number of hydrogen-bond donors (Lipinski definition) is 2. The van der Waals surface area contributed by atoms with E-state index in [0.29, 0.717) is 41.8 Å². The lowest BCUT2D eigenvalue weighted by atomic mass is 9.96. The second-order valence-electron chi connectivity index (χ2n) is 5.64. The average molecular weight is 358 g/mol. The van der Waals surface area contributed by atoms with Crippen LogP contribution in [0.5, 0.6) is 0 Å². The van der Waals surface area contributed by atoms with Gasteiger partial charge >= 0.3 is 0 Å². The van der Waals surface area contributed by atoms with Crippen molar-refractivity contribution in [3.8, 4) is 0 Å². The van der Waals surface area contributed by atoms with Crippen molar-refractivity contribution in [2.45, 2.75) is 19.3 Å². The van der Waals surface area contributed by atoms with Gasteiger partial charge in [0.2, 0.25) is 11.8 Å². The molecule has 1 heterocycles. The predicted molar refractivity (Wildman–Crippen MR) is 91.5 cm³/mol. The van der Waals surface area contributed by atoms with E-state index in [1.807, 2.05) is 0 Å². The van der Waals surface area contributed by atoms with Crippen LogP contribution in [0.2, 0.25) is 10.0 Å². The highest BCUT2D eigenvalue weighted by Crippen LogP contribution is 2.26. The zero-order valence-electron chi connectivity index (χ0n) is 12.9. The van der Waals surface area contributed by atoms with Gasteiger partial charge in [0, 0.05) is 36.2 Å². The van der Waals surface area contributed by atoms with Crippen LogP contribution in [0, 0.1) is 5.92 Å². The first-order valence-corrected chi connectivity index (χ1v) is 8.47. The maximum absolute atomic E-state index is 12.5. The van der Waals surface area contributed by atoms with Gasteiger partial charge in [0.15, 0.2) is 0 Å². The summed E-state index contributed by atoms with van der Waals surface area (Å²) in [6, 6.07) is 5.18. The molecule has 1 atom stereocenters. The molecule has 2 rings (SSSR count). The van der Waals surface area contributed by atoms with E-state index in [1.54, 1.807) is 23.1 Å². The molecule has 0 aliphatic carbocycles. The molecule has 7 heteroatoms. The quantitative estimate of drug-likeness (QED) is 0.844. The second kappa shape index (κ2) is 8.52. The number of nitrogens with two attached hydrogens (primary N) is 1. The molecule has 1 unspecified atom stereocenters. The lowest BCUT2D eigenvalue weighted by Gasteiger charge is -2.32. The normalized spacial score (nSPS) is 17.9. The van der Waals surface area contributed by atoms with Crippen LogP contribution in [0.1, 0.15) is 18.4 Å². The van der Waals surface area contributed by atoms with Crippen LogP contribution < -0.4 is 11.1 Å². The minimum absolute atomic E-state index is 0.0382. The molecular formula is C16H21Cl2N3O2. The average Bonchev–Trinajstić information content (AvgIpc) is 2.56. The summed E-state index contributed by atoms with van der Waals surface area (Å²) in [6.07, 6.45) is 1.74. The Balaban J connectivity index is 1.98. The maximum Gasteiger partial charge on any atom is 0.227 e. The van der Waals surface area contributed by atoms with Gasteiger partial charge in [0.25, 0.3) is 0 Å². The van der Waals surface area contributed by atoms with Crippen molar-refractivity contribution in [3.05, 3.63) is 33.8 Å². The van der Waals surface area contributed by atoms with Crippen LogP contribution in [0.4, 0.5) is 0 Å². The molecule has 0 saturated carbocycles. The fraction of sp³-hybridized carbons (Fsp3) is 0.500. The molecule has 3 N–H and O–H groups in total. The number of hydrogen-bond acceptors (Lipinski definition) is 3. The monoisotopic (exact) mass is 357 g/mol. The van der Waals surface area contributed by atoms with Gasteiger partial charge in [-0.3, -0.25) is 9.59 Å². The third-order valence-corrected chi connectivity index (χ3v) is 4.69. The van der Waals surface area contributed by atoms with Crippen molar-refractivity contribution in [2.75, 3.05) is 26.2 Å². The molecule has 1 aromatic rings. The van der Waals surface area contributed by atoms with Crippen LogP contribution in [0.3, 0.4) is 0 Å². The van der Waals surface area contributed by atoms with Gasteiger partial charge in [-0.1, -0.05) is 29.3 Å². The molecular weight excluding hydrogens is 337 g/mol. The standard InChI is InChI=1S/C16H21Cl2N3O2/c17-13-4-1-5-14(18)12(13)9-15(22)21-8-2-3-11(10-21)16(23)20-7-6-19/h1,4-5,11H,2-3,6-10,19H2,(H,20,23). The molecule has 1 saturated heterocycles. The summed E-state index contributed by atoms with van der Waals surface area (Å²) in [7, 11) is 0. The smallest absolute Gasteiger partial charge is 0.227 e. The van der Waals surface area contributed by atoms with Gasteiger partial charge in [-0.25, -0.2) is 0 Å². The van der Waals surface area contributed by atoms with Gasteiger partial charge in [0.1, 0.15) is 0 Å². The first-order valence-electron chi connectivity index (χ1n) is 7.71. The Kier molecular flexibility index (Phi) is 6.69. The van der Waals surface area contributed by atoms with E-state index in [9.17, 15) is 9.59 Å². The molecule has 0 bridgehead atoms. The zero-order valence-corrected chi connectivity index (χ0v) is 14.4. The highest BCUT2D eigenvalue weighted by molar-refractivity contribution is 6.36. The van der Waals surface area contributed by atoms with Crippen molar-refractivity contribution in [1.82, 2.24) is 10.2 Å². The number of likely N-dealkylation sites (tertiary alicyclic amines) is 1. The summed E-state index contributed by atoms with van der Waals surface area (Å²) >= 11 is 12.2. The fourth-order valence-corrected chi connectivity index (χ4v) is 3.25. The van der Waals surface area contributed by atoms with E-state index in [2.05, 4.69) is 5.32 Å². The zero-order chi connectivity index (χ0) is 16.8. The van der Waals surface area contributed by atoms with Gasteiger partial charge in [-0.2, -0.15) is 0 Å². The van der Waals surface area contributed by atoms with Gasteiger partial charge < -0.3 is 16.0 Å². The van der Waals surface area contributed by atoms with Gasteiger partial charge in [-0.05, 0) is 30.5 Å². The molecule has 1 aliphatic heterocycles. The number of benzene rings is 1. The second-order valence-corrected chi connectivity index (χ2v) is 6.45. The Labute approximate surface area is 146 Å². The number of nitrogens with one attached hydrogen (secondary N) is 1. The molecule has 0 radical (unpaired) electrons. The predicted octanol–water partition coefficient (Wildman–Crippen LogP) is 1.85. The first-order chi connectivity index (χ1) is 11.0. The van der Waals surface area contributed by atoms with E-state index in [0.717, 1.165) is 12.8 Å². The third-order valence-electron chi connectivity index (χ3n) is 3.98. The number of carbonyl (C=O) groups is 2. The molecule has 5 nitrogen and oxygen atoms in total. The number of carbonyl (C=O) groups excluding carboxylic acids is 2. The minimum Gasteiger partial charge on any atom is -0.355 e. The number of amides is 2. The highest BCUT2D eigenvalue weighted by Gasteiger charge is 2.28. The van der Waals surface area contributed by atoms with E-state index in [1.165, 1.54) is 0 Å².